The minimum absolute atomic E-state index is 0.00589. The number of fused-ring (bicyclic) bond motifs is 3. The third kappa shape index (κ3) is 3.72. The lowest BCUT2D eigenvalue weighted by Crippen LogP contribution is -2.35. The van der Waals surface area contributed by atoms with Gasteiger partial charge in [0.15, 0.2) is 0 Å². The minimum atomic E-state index is -3.81. The van der Waals surface area contributed by atoms with Gasteiger partial charge in [-0.25, -0.2) is 13.4 Å². The van der Waals surface area contributed by atoms with Gasteiger partial charge in [-0.1, -0.05) is 37.0 Å². The molecule has 0 unspecified atom stereocenters. The van der Waals surface area contributed by atoms with E-state index < -0.39 is 10.0 Å². The summed E-state index contributed by atoms with van der Waals surface area (Å²) < 4.78 is 29.3. The molecule has 0 saturated heterocycles. The lowest BCUT2D eigenvalue weighted by Gasteiger charge is -2.26. The Morgan fingerprint density at radius 3 is 2.76 bits per heavy atom. The zero-order valence-corrected chi connectivity index (χ0v) is 19.0. The first kappa shape index (κ1) is 20.8. The molecule has 29 heavy (non-hydrogen) atoms. The van der Waals surface area contributed by atoms with Gasteiger partial charge in [-0.05, 0) is 36.1 Å². The van der Waals surface area contributed by atoms with Gasteiger partial charge in [0.05, 0.1) is 16.7 Å². The molecular weight excluding hydrogens is 453 g/mol. The van der Waals surface area contributed by atoms with E-state index in [1.165, 1.54) is 27.8 Å². The molecule has 0 radical (unpaired) electrons. The summed E-state index contributed by atoms with van der Waals surface area (Å²) in [5.74, 6) is 0.324. The fourth-order valence-corrected chi connectivity index (χ4v) is 6.96. The first-order valence-electron chi connectivity index (χ1n) is 9.13. The topological polar surface area (TPSA) is 72.3 Å². The molecule has 1 aliphatic heterocycles. The van der Waals surface area contributed by atoms with Gasteiger partial charge in [0.2, 0.25) is 10.0 Å². The van der Waals surface area contributed by atoms with E-state index in [-0.39, 0.29) is 28.6 Å². The van der Waals surface area contributed by atoms with Crippen LogP contribution in [0, 0.1) is 5.92 Å². The van der Waals surface area contributed by atoms with Gasteiger partial charge in [-0.2, -0.15) is 4.31 Å². The predicted molar refractivity (Wildman–Crippen MR) is 116 cm³/mol. The Morgan fingerprint density at radius 2 is 2.03 bits per heavy atom. The molecule has 154 valence electrons. The quantitative estimate of drug-likeness (QED) is 0.572. The fraction of sp³-hybridized carbons (Fsp3) is 0.368. The van der Waals surface area contributed by atoms with Gasteiger partial charge < -0.3 is 0 Å². The number of nitrogens with zero attached hydrogens (tertiary/aromatic N) is 3. The number of halogens is 2. The normalized spacial score (nSPS) is 15.2. The van der Waals surface area contributed by atoms with Crippen LogP contribution in [0.15, 0.2) is 34.2 Å². The predicted octanol–water partition coefficient (Wildman–Crippen LogP) is 4.17. The molecule has 4 rings (SSSR count). The molecule has 0 bridgehead atoms. The van der Waals surface area contributed by atoms with Gasteiger partial charge >= 0.3 is 0 Å². The minimum Gasteiger partial charge on any atom is -0.298 e. The van der Waals surface area contributed by atoms with Crippen molar-refractivity contribution in [2.24, 2.45) is 5.92 Å². The molecule has 0 N–H and O–H groups in total. The summed E-state index contributed by atoms with van der Waals surface area (Å²) in [5, 5.41) is 1.06. The summed E-state index contributed by atoms with van der Waals surface area (Å²) in [4.78, 5) is 18.9. The van der Waals surface area contributed by atoms with E-state index in [0.717, 1.165) is 10.4 Å². The van der Waals surface area contributed by atoms with Crippen LogP contribution < -0.4 is 5.56 Å². The van der Waals surface area contributed by atoms with E-state index in [1.54, 1.807) is 17.0 Å². The van der Waals surface area contributed by atoms with Crippen LogP contribution >= 0.6 is 34.5 Å². The Balaban J connectivity index is 1.74. The lowest BCUT2D eigenvalue weighted by atomic mass is 10.1. The molecule has 3 aromatic rings. The summed E-state index contributed by atoms with van der Waals surface area (Å²) in [5.41, 5.74) is 0.847. The van der Waals surface area contributed by atoms with E-state index >= 15 is 0 Å². The van der Waals surface area contributed by atoms with Crippen molar-refractivity contribution in [1.82, 2.24) is 13.9 Å². The number of thiophene rings is 1. The van der Waals surface area contributed by atoms with Crippen molar-refractivity contribution in [3.8, 4) is 0 Å². The van der Waals surface area contributed by atoms with E-state index in [2.05, 4.69) is 4.98 Å². The maximum absolute atomic E-state index is 13.1. The zero-order valence-electron chi connectivity index (χ0n) is 15.9. The van der Waals surface area contributed by atoms with Crippen molar-refractivity contribution in [2.75, 3.05) is 6.54 Å². The van der Waals surface area contributed by atoms with Crippen LogP contribution in [0.5, 0.6) is 0 Å². The molecule has 10 heteroatoms. The molecule has 1 aliphatic rings. The Hall–Kier alpha value is -1.45. The number of aromatic nitrogens is 2. The molecular formula is C19H19Cl2N3O3S2. The monoisotopic (exact) mass is 471 g/mol. The summed E-state index contributed by atoms with van der Waals surface area (Å²) in [6.07, 6.45) is 2.03. The van der Waals surface area contributed by atoms with E-state index in [1.807, 2.05) is 13.8 Å². The summed E-state index contributed by atoms with van der Waals surface area (Å²) >= 11 is 13.5. The highest BCUT2D eigenvalue weighted by atomic mass is 35.5. The number of sulfonamides is 1. The first-order chi connectivity index (χ1) is 13.7. The third-order valence-corrected chi connectivity index (χ3v) is 8.55. The van der Waals surface area contributed by atoms with Crippen molar-refractivity contribution in [2.45, 2.75) is 38.3 Å². The molecule has 0 aliphatic carbocycles. The summed E-state index contributed by atoms with van der Waals surface area (Å²) in [6.45, 7) is 5.14. The average Bonchev–Trinajstić information content (AvgIpc) is 3.04. The molecule has 1 aromatic carbocycles. The van der Waals surface area contributed by atoms with Gasteiger partial charge in [-0.3, -0.25) is 9.36 Å². The van der Waals surface area contributed by atoms with Crippen LogP contribution in [-0.2, 0) is 29.5 Å². The molecule has 0 spiro atoms. The summed E-state index contributed by atoms with van der Waals surface area (Å²) in [7, 11) is -3.81. The average molecular weight is 472 g/mol. The molecule has 3 heterocycles. The SMILES string of the molecule is CC(C)Cn1cnc2sc3c(c2c1=O)CCN(S(=O)(=O)c1cc(Cl)ccc1Cl)C3. The second-order valence-corrected chi connectivity index (χ2v) is 11.3. The van der Waals surface area contributed by atoms with Crippen LogP contribution in [-0.4, -0.2) is 28.8 Å². The number of rotatable bonds is 4. The van der Waals surface area contributed by atoms with Gasteiger partial charge in [0.25, 0.3) is 5.56 Å². The molecule has 2 aromatic heterocycles. The molecule has 0 amide bonds. The highest BCUT2D eigenvalue weighted by Gasteiger charge is 2.32. The second kappa shape index (κ2) is 7.67. The van der Waals surface area contributed by atoms with Crippen LogP contribution in [0.2, 0.25) is 10.0 Å². The van der Waals surface area contributed by atoms with Crippen LogP contribution in [0.4, 0.5) is 0 Å². The van der Waals surface area contributed by atoms with Crippen molar-refractivity contribution in [3.05, 3.63) is 55.4 Å². The number of hydrogen-bond donors (Lipinski definition) is 0. The van der Waals surface area contributed by atoms with Crippen molar-refractivity contribution in [3.63, 3.8) is 0 Å². The first-order valence-corrected chi connectivity index (χ1v) is 12.1. The molecule has 0 atom stereocenters. The van der Waals surface area contributed by atoms with Crippen LogP contribution in [0.3, 0.4) is 0 Å². The maximum Gasteiger partial charge on any atom is 0.262 e. The van der Waals surface area contributed by atoms with Crippen molar-refractivity contribution in [1.29, 1.82) is 0 Å². The standard InChI is InChI=1S/C19H19Cl2N3O3S2/c1-11(2)8-23-10-22-18-17(19(23)25)13-5-6-24(9-15(13)28-18)29(26,27)16-7-12(20)3-4-14(16)21/h3-4,7,10-11H,5-6,8-9H2,1-2H3. The third-order valence-electron chi connectivity index (χ3n) is 4.87. The number of hydrogen-bond acceptors (Lipinski definition) is 5. The Bertz CT molecular complexity index is 1270. The lowest BCUT2D eigenvalue weighted by molar-refractivity contribution is 0.396. The number of benzene rings is 1. The van der Waals surface area contributed by atoms with E-state index in [0.29, 0.717) is 34.1 Å². The van der Waals surface area contributed by atoms with Gasteiger partial charge in [0, 0.05) is 29.5 Å². The maximum atomic E-state index is 13.1. The Morgan fingerprint density at radius 1 is 1.28 bits per heavy atom. The van der Waals surface area contributed by atoms with Crippen LogP contribution in [0.1, 0.15) is 24.3 Å². The zero-order chi connectivity index (χ0) is 20.9. The van der Waals surface area contributed by atoms with Crippen molar-refractivity contribution < 1.29 is 8.42 Å². The smallest absolute Gasteiger partial charge is 0.262 e. The Labute approximate surface area is 182 Å². The highest BCUT2D eigenvalue weighted by molar-refractivity contribution is 7.89. The summed E-state index contributed by atoms with van der Waals surface area (Å²) in [6, 6.07) is 4.40. The molecule has 0 saturated carbocycles. The largest absolute Gasteiger partial charge is 0.298 e. The van der Waals surface area contributed by atoms with Gasteiger partial charge in [-0.15, -0.1) is 11.3 Å². The Kier molecular flexibility index (Phi) is 5.50. The van der Waals surface area contributed by atoms with Crippen molar-refractivity contribution >= 4 is 54.8 Å². The second-order valence-electron chi connectivity index (χ2n) is 7.44. The van der Waals surface area contributed by atoms with Gasteiger partial charge in [0.1, 0.15) is 9.73 Å². The fourth-order valence-electron chi connectivity index (χ4n) is 3.54. The van der Waals surface area contributed by atoms with Crippen LogP contribution in [0.25, 0.3) is 10.2 Å². The van der Waals surface area contributed by atoms with E-state index in [4.69, 9.17) is 23.2 Å². The molecule has 6 nitrogen and oxygen atoms in total. The highest BCUT2D eigenvalue weighted by Crippen LogP contribution is 2.36. The van der Waals surface area contributed by atoms with E-state index in [9.17, 15) is 13.2 Å². The molecule has 0 fully saturated rings.